The van der Waals surface area contributed by atoms with Crippen molar-refractivity contribution in [1.82, 2.24) is 14.5 Å². The van der Waals surface area contributed by atoms with Gasteiger partial charge in [-0.05, 0) is 79.8 Å². The van der Waals surface area contributed by atoms with Gasteiger partial charge in [0.05, 0.1) is 5.39 Å². The summed E-state index contributed by atoms with van der Waals surface area (Å²) in [6, 6.07) is 19.5. The molecule has 3 N–H and O–H groups in total. The van der Waals surface area contributed by atoms with Crippen molar-refractivity contribution in [2.45, 2.75) is 51.5 Å². The molecule has 0 amide bonds. The van der Waals surface area contributed by atoms with Gasteiger partial charge in [-0.2, -0.15) is 0 Å². The molecule has 1 aliphatic heterocycles. The number of fused-ring (bicyclic) bond motifs is 1. The number of hydrogen-bond donors (Lipinski definition) is 2. The van der Waals surface area contributed by atoms with E-state index in [0.717, 1.165) is 89.4 Å². The van der Waals surface area contributed by atoms with Crippen molar-refractivity contribution in [3.8, 4) is 11.1 Å². The summed E-state index contributed by atoms with van der Waals surface area (Å²) in [5.74, 6) is 1.32. The number of nitrogen functional groups attached to an aromatic ring is 1. The third-order valence-electron chi connectivity index (χ3n) is 9.35. The number of para-hydroxylation sites is 1. The molecule has 1 atom stereocenters. The van der Waals surface area contributed by atoms with Gasteiger partial charge >= 0.3 is 0 Å². The van der Waals surface area contributed by atoms with Crippen molar-refractivity contribution >= 4 is 28.2 Å². The number of nitrogens with zero attached hydrogens (tertiary/aromatic N) is 4. The minimum absolute atomic E-state index is 0.0540. The minimum atomic E-state index is 0.0540. The molecule has 0 spiro atoms. The molecule has 4 aromatic rings. The van der Waals surface area contributed by atoms with E-state index < -0.39 is 0 Å². The summed E-state index contributed by atoms with van der Waals surface area (Å²) in [5.41, 5.74) is 17.5. The van der Waals surface area contributed by atoms with E-state index in [0.29, 0.717) is 11.9 Å². The Kier molecular flexibility index (Phi) is 6.49. The second-order valence-electron chi connectivity index (χ2n) is 12.2. The Morgan fingerprint density at radius 3 is 2.50 bits per heavy atom. The molecule has 1 saturated carbocycles. The van der Waals surface area contributed by atoms with Gasteiger partial charge in [0.2, 0.25) is 0 Å². The van der Waals surface area contributed by atoms with Crippen LogP contribution in [0.2, 0.25) is 0 Å². The first kappa shape index (κ1) is 26.3. The van der Waals surface area contributed by atoms with Gasteiger partial charge in [0.15, 0.2) is 0 Å². The molecule has 2 aromatic heterocycles. The monoisotopic (exact) mass is 554 g/mol. The maximum absolute atomic E-state index is 6.39. The molecule has 3 aliphatic rings. The van der Waals surface area contributed by atoms with E-state index in [4.69, 9.17) is 5.73 Å². The second kappa shape index (κ2) is 10.4. The number of anilines is 3. The van der Waals surface area contributed by atoms with Crippen molar-refractivity contribution < 1.29 is 0 Å². The van der Waals surface area contributed by atoms with Crippen molar-refractivity contribution in [1.29, 1.82) is 0 Å². The fourth-order valence-corrected chi connectivity index (χ4v) is 7.06. The topological polar surface area (TPSA) is 72.0 Å². The van der Waals surface area contributed by atoms with Gasteiger partial charge in [0, 0.05) is 52.2 Å². The van der Waals surface area contributed by atoms with Gasteiger partial charge in [0.1, 0.15) is 17.8 Å². The lowest BCUT2D eigenvalue weighted by molar-refractivity contribution is 0.220. The Bertz CT molecular complexity index is 1740. The maximum Gasteiger partial charge on any atom is 0.146 e. The first-order chi connectivity index (χ1) is 20.4. The van der Waals surface area contributed by atoms with Gasteiger partial charge in [0.25, 0.3) is 0 Å². The van der Waals surface area contributed by atoms with Crippen LogP contribution in [-0.2, 0) is 0 Å². The van der Waals surface area contributed by atoms with E-state index in [-0.39, 0.29) is 5.92 Å². The fraction of sp³-hybridized carbons (Fsp3) is 0.278. The molecule has 1 unspecified atom stereocenters. The minimum Gasteiger partial charge on any atom is -0.383 e. The highest BCUT2D eigenvalue weighted by Gasteiger charge is 2.35. The van der Waals surface area contributed by atoms with E-state index in [1.54, 1.807) is 6.33 Å². The van der Waals surface area contributed by atoms with E-state index >= 15 is 0 Å². The lowest BCUT2D eigenvalue weighted by Gasteiger charge is -2.43. The largest absolute Gasteiger partial charge is 0.383 e. The van der Waals surface area contributed by atoms with Crippen LogP contribution in [0.15, 0.2) is 115 Å². The lowest BCUT2D eigenvalue weighted by Crippen LogP contribution is -2.35. The molecule has 3 heterocycles. The summed E-state index contributed by atoms with van der Waals surface area (Å²) in [6.07, 6.45) is 10.2. The van der Waals surface area contributed by atoms with Crippen molar-refractivity contribution in [2.24, 2.45) is 11.8 Å². The molecule has 0 radical (unpaired) electrons. The number of benzene rings is 2. The number of aromatic nitrogens is 3. The van der Waals surface area contributed by atoms with E-state index in [2.05, 4.69) is 112 Å². The van der Waals surface area contributed by atoms with Crippen molar-refractivity contribution in [2.75, 3.05) is 16.0 Å². The summed E-state index contributed by atoms with van der Waals surface area (Å²) in [6.45, 7) is 15.8. The summed E-state index contributed by atoms with van der Waals surface area (Å²) < 4.78 is 2.30. The van der Waals surface area contributed by atoms with E-state index in [1.165, 1.54) is 16.8 Å². The smallest absolute Gasteiger partial charge is 0.146 e. The molecular formula is C36H38N6. The number of rotatable bonds is 6. The molecule has 212 valence electrons. The predicted octanol–water partition coefficient (Wildman–Crippen LogP) is 8.61. The number of allylic oxidation sites excluding steroid dienone is 3. The van der Waals surface area contributed by atoms with Crippen LogP contribution in [0, 0.1) is 11.8 Å². The van der Waals surface area contributed by atoms with Crippen molar-refractivity contribution in [3.05, 3.63) is 115 Å². The first-order valence-corrected chi connectivity index (χ1v) is 15.0. The zero-order chi connectivity index (χ0) is 29.0. The van der Waals surface area contributed by atoms with Crippen LogP contribution in [0.25, 0.3) is 22.2 Å². The van der Waals surface area contributed by atoms with Gasteiger partial charge in [-0.25, -0.2) is 9.97 Å². The van der Waals surface area contributed by atoms with Crippen LogP contribution in [0.5, 0.6) is 0 Å². The maximum atomic E-state index is 6.39. The molecule has 42 heavy (non-hydrogen) atoms. The Morgan fingerprint density at radius 1 is 1.00 bits per heavy atom. The fourth-order valence-electron chi connectivity index (χ4n) is 7.06. The third-order valence-corrected chi connectivity index (χ3v) is 9.35. The zero-order valence-electron chi connectivity index (χ0n) is 24.3. The standard InChI is InChI=1S/C36H38N6/c1-22-17-29(18-22)41-20-32(34-35(37)38-21-39-36(34)41)26-13-15-27(16-14-26)40-24(3)31-19-30-23(2)9-8-12-33(30)42(25(31)4)28-10-6-5-7-11-28/h5-7,10-11,13-16,20-22,29,31,40H,2-4,8-9,12,17-19H2,1H3,(H2,37,38,39). The van der Waals surface area contributed by atoms with E-state index in [9.17, 15) is 0 Å². The summed E-state index contributed by atoms with van der Waals surface area (Å²) in [4.78, 5) is 11.3. The van der Waals surface area contributed by atoms with Gasteiger partial charge in [-0.15, -0.1) is 0 Å². The molecular weight excluding hydrogens is 516 g/mol. The third kappa shape index (κ3) is 4.42. The molecule has 6 heteroatoms. The first-order valence-electron chi connectivity index (χ1n) is 15.0. The highest BCUT2D eigenvalue weighted by molar-refractivity contribution is 6.00. The second-order valence-corrected chi connectivity index (χ2v) is 12.2. The SMILES string of the molecule is C=C1CCCC2=C1CC(C(=C)Nc1ccc(-c3cn(C4CC(C)C4)c4ncnc(N)c34)cc1)C(=C)N2c1ccccc1. The highest BCUT2D eigenvalue weighted by Crippen LogP contribution is 2.47. The molecule has 7 rings (SSSR count). The van der Waals surface area contributed by atoms with E-state index in [1.807, 2.05) is 0 Å². The van der Waals surface area contributed by atoms with Gasteiger partial charge in [-0.3, -0.25) is 0 Å². The molecule has 0 bridgehead atoms. The van der Waals surface area contributed by atoms with Crippen LogP contribution >= 0.6 is 0 Å². The molecule has 2 aliphatic carbocycles. The van der Waals surface area contributed by atoms with Crippen LogP contribution in [0.4, 0.5) is 17.2 Å². The molecule has 2 aromatic carbocycles. The highest BCUT2D eigenvalue weighted by atomic mass is 15.2. The van der Waals surface area contributed by atoms with Crippen LogP contribution in [0.1, 0.15) is 51.5 Å². The van der Waals surface area contributed by atoms with Gasteiger partial charge in [-0.1, -0.05) is 62.6 Å². The molecule has 1 fully saturated rings. The van der Waals surface area contributed by atoms with Crippen LogP contribution in [-0.4, -0.2) is 14.5 Å². The average Bonchev–Trinajstić information content (AvgIpc) is 3.36. The number of nitrogens with two attached hydrogens (primary N) is 1. The Hall–Kier alpha value is -4.58. The molecule has 6 nitrogen and oxygen atoms in total. The zero-order valence-corrected chi connectivity index (χ0v) is 24.3. The Labute approximate surface area is 248 Å². The number of nitrogens with one attached hydrogen (secondary N) is 1. The van der Waals surface area contributed by atoms with Gasteiger partial charge < -0.3 is 20.5 Å². The lowest BCUT2D eigenvalue weighted by atomic mass is 9.79. The Balaban J connectivity index is 1.15. The quantitative estimate of drug-likeness (QED) is 0.250. The number of hydrogen-bond acceptors (Lipinski definition) is 5. The Morgan fingerprint density at radius 2 is 1.76 bits per heavy atom. The average molecular weight is 555 g/mol. The molecule has 0 saturated heterocycles. The summed E-state index contributed by atoms with van der Waals surface area (Å²) in [5, 5.41) is 4.54. The van der Waals surface area contributed by atoms with Crippen LogP contribution in [0.3, 0.4) is 0 Å². The normalized spacial score (nSPS) is 22.2. The summed E-state index contributed by atoms with van der Waals surface area (Å²) in [7, 11) is 0. The summed E-state index contributed by atoms with van der Waals surface area (Å²) >= 11 is 0. The van der Waals surface area contributed by atoms with Crippen molar-refractivity contribution in [3.63, 3.8) is 0 Å². The van der Waals surface area contributed by atoms with Crippen LogP contribution < -0.4 is 16.0 Å². The predicted molar refractivity (Wildman–Crippen MR) is 174 cm³/mol.